The van der Waals surface area contributed by atoms with Crippen LogP contribution >= 0.6 is 0 Å². The molecule has 0 aliphatic carbocycles. The zero-order valence-electron chi connectivity index (χ0n) is 22.5. The number of carbonyl (C=O) groups is 1. The van der Waals surface area contributed by atoms with Gasteiger partial charge in [0, 0.05) is 17.7 Å². The molecule has 9 heteroatoms. The molecule has 1 aromatic heterocycles. The lowest BCUT2D eigenvalue weighted by Gasteiger charge is -2.22. The summed E-state index contributed by atoms with van der Waals surface area (Å²) in [5.74, 6) is -0.0897. The van der Waals surface area contributed by atoms with E-state index in [1.807, 2.05) is 50.9 Å². The Bertz CT molecular complexity index is 1470. The molecule has 0 radical (unpaired) electrons. The summed E-state index contributed by atoms with van der Waals surface area (Å²) in [7, 11) is 1.81. The van der Waals surface area contributed by atoms with Crippen molar-refractivity contribution in [2.75, 3.05) is 13.6 Å². The number of rotatable bonds is 7. The van der Waals surface area contributed by atoms with Gasteiger partial charge in [-0.15, -0.1) is 0 Å². The molecule has 39 heavy (non-hydrogen) atoms. The van der Waals surface area contributed by atoms with Crippen molar-refractivity contribution in [1.29, 1.82) is 0 Å². The number of esters is 1. The van der Waals surface area contributed by atoms with Gasteiger partial charge in [-0.25, -0.2) is 0 Å². The molecule has 0 atom stereocenters. The number of hydrogen-bond donors (Lipinski definition) is 0. The van der Waals surface area contributed by atoms with Crippen LogP contribution in [0.4, 0.5) is 13.2 Å². The normalized spacial score (nSPS) is 12.1. The first-order chi connectivity index (χ1) is 18.3. The van der Waals surface area contributed by atoms with E-state index in [1.165, 1.54) is 6.07 Å². The van der Waals surface area contributed by atoms with Gasteiger partial charge in [0.1, 0.15) is 5.60 Å². The van der Waals surface area contributed by atoms with Gasteiger partial charge in [0.2, 0.25) is 5.82 Å². The highest BCUT2D eigenvalue weighted by molar-refractivity contribution is 5.75. The first-order valence-electron chi connectivity index (χ1n) is 12.4. The third-order valence-corrected chi connectivity index (χ3v) is 5.89. The number of ether oxygens (including phenoxy) is 1. The highest BCUT2D eigenvalue weighted by Crippen LogP contribution is 2.40. The minimum Gasteiger partial charge on any atom is -0.459 e. The van der Waals surface area contributed by atoms with E-state index in [1.54, 1.807) is 43.3 Å². The molecule has 0 fully saturated rings. The van der Waals surface area contributed by atoms with E-state index in [2.05, 4.69) is 10.1 Å². The predicted molar refractivity (Wildman–Crippen MR) is 143 cm³/mol. The van der Waals surface area contributed by atoms with Crippen molar-refractivity contribution in [1.82, 2.24) is 15.0 Å². The van der Waals surface area contributed by atoms with Crippen LogP contribution in [0.15, 0.2) is 71.3 Å². The van der Waals surface area contributed by atoms with Crippen molar-refractivity contribution in [3.05, 3.63) is 83.4 Å². The fraction of sp³-hybridized carbons (Fsp3) is 0.300. The van der Waals surface area contributed by atoms with Crippen LogP contribution in [0.25, 0.3) is 34.0 Å². The lowest BCUT2D eigenvalue weighted by Crippen LogP contribution is -2.32. The number of carbonyl (C=O) groups excluding carboxylic acids is 1. The van der Waals surface area contributed by atoms with Gasteiger partial charge in [-0.05, 0) is 75.2 Å². The van der Waals surface area contributed by atoms with E-state index < -0.39 is 17.3 Å². The van der Waals surface area contributed by atoms with Crippen molar-refractivity contribution in [3.63, 3.8) is 0 Å². The van der Waals surface area contributed by atoms with Gasteiger partial charge < -0.3 is 9.26 Å². The molecule has 0 aliphatic rings. The Hall–Kier alpha value is -3.98. The zero-order valence-corrected chi connectivity index (χ0v) is 22.5. The number of likely N-dealkylation sites (N-methyl/N-ethyl adjacent to an activating group) is 1. The van der Waals surface area contributed by atoms with Gasteiger partial charge in [0.25, 0.3) is 5.89 Å². The Balaban J connectivity index is 1.56. The fourth-order valence-electron chi connectivity index (χ4n) is 4.25. The van der Waals surface area contributed by atoms with Gasteiger partial charge in [0.05, 0.1) is 12.1 Å². The fourth-order valence-corrected chi connectivity index (χ4v) is 4.25. The van der Waals surface area contributed by atoms with E-state index in [-0.39, 0.29) is 35.4 Å². The van der Waals surface area contributed by atoms with Crippen molar-refractivity contribution in [2.45, 2.75) is 46.0 Å². The van der Waals surface area contributed by atoms with Gasteiger partial charge in [0.15, 0.2) is 0 Å². The first kappa shape index (κ1) is 28.0. The summed E-state index contributed by atoms with van der Waals surface area (Å²) in [6.07, 6.45) is -4.57. The lowest BCUT2D eigenvalue weighted by molar-refractivity contribution is -0.155. The molecule has 0 aliphatic heterocycles. The second-order valence-corrected chi connectivity index (χ2v) is 10.5. The summed E-state index contributed by atoms with van der Waals surface area (Å²) in [5.41, 5.74) is 1.72. The third-order valence-electron chi connectivity index (χ3n) is 5.89. The summed E-state index contributed by atoms with van der Waals surface area (Å²) in [6.45, 7) is 7.81. The number of halogens is 3. The molecular weight excluding hydrogens is 507 g/mol. The number of aryl methyl sites for hydroxylation is 1. The van der Waals surface area contributed by atoms with E-state index in [0.29, 0.717) is 17.7 Å². The SMILES string of the molecule is Cc1ccccc1-c1ccc(-c2nc(-c3cccc(CN(C)CC(=O)OC(C)(C)C)c3)no2)cc1C(F)(F)F. The largest absolute Gasteiger partial charge is 0.459 e. The highest BCUT2D eigenvalue weighted by Gasteiger charge is 2.34. The van der Waals surface area contributed by atoms with E-state index in [0.717, 1.165) is 17.2 Å². The lowest BCUT2D eigenvalue weighted by atomic mass is 9.94. The minimum atomic E-state index is -4.57. The second-order valence-electron chi connectivity index (χ2n) is 10.5. The quantitative estimate of drug-likeness (QED) is 0.233. The van der Waals surface area contributed by atoms with Gasteiger partial charge in [-0.3, -0.25) is 9.69 Å². The number of hydrogen-bond acceptors (Lipinski definition) is 6. The molecule has 0 spiro atoms. The molecule has 1 heterocycles. The van der Waals surface area contributed by atoms with Crippen LogP contribution in [0.5, 0.6) is 0 Å². The van der Waals surface area contributed by atoms with E-state index in [9.17, 15) is 18.0 Å². The second kappa shape index (κ2) is 11.0. The average Bonchev–Trinajstić information content (AvgIpc) is 3.33. The number of benzene rings is 3. The number of alkyl halides is 3. The first-order valence-corrected chi connectivity index (χ1v) is 12.4. The van der Waals surface area contributed by atoms with Crippen LogP contribution in [0.2, 0.25) is 0 Å². The zero-order chi connectivity index (χ0) is 28.4. The summed E-state index contributed by atoms with van der Waals surface area (Å²) < 4.78 is 52.9. The van der Waals surface area contributed by atoms with Crippen LogP contribution in [0, 0.1) is 6.92 Å². The maximum absolute atomic E-state index is 14.0. The highest BCUT2D eigenvalue weighted by atomic mass is 19.4. The average molecular weight is 538 g/mol. The Kier molecular flexibility index (Phi) is 7.92. The predicted octanol–water partition coefficient (Wildman–Crippen LogP) is 7.17. The molecule has 6 nitrogen and oxygen atoms in total. The van der Waals surface area contributed by atoms with Crippen molar-refractivity contribution >= 4 is 5.97 Å². The summed E-state index contributed by atoms with van der Waals surface area (Å²) >= 11 is 0. The summed E-state index contributed by atoms with van der Waals surface area (Å²) in [5, 5.41) is 4.00. The maximum Gasteiger partial charge on any atom is 0.417 e. The van der Waals surface area contributed by atoms with Crippen molar-refractivity contribution < 1.29 is 27.2 Å². The van der Waals surface area contributed by atoms with Crippen LogP contribution in [0.3, 0.4) is 0 Å². The molecular formula is C30H30F3N3O3. The van der Waals surface area contributed by atoms with Crippen molar-refractivity contribution in [2.24, 2.45) is 0 Å². The molecule has 0 saturated carbocycles. The van der Waals surface area contributed by atoms with E-state index >= 15 is 0 Å². The Morgan fingerprint density at radius 2 is 1.69 bits per heavy atom. The molecule has 0 amide bonds. The van der Waals surface area contributed by atoms with Crippen LogP contribution in [0.1, 0.15) is 37.5 Å². The molecule has 3 aromatic carbocycles. The summed E-state index contributed by atoms with van der Waals surface area (Å²) in [4.78, 5) is 18.3. The number of aromatic nitrogens is 2. The molecule has 4 aromatic rings. The molecule has 4 rings (SSSR count). The molecule has 204 valence electrons. The van der Waals surface area contributed by atoms with Gasteiger partial charge >= 0.3 is 12.1 Å². The van der Waals surface area contributed by atoms with Crippen LogP contribution in [-0.4, -0.2) is 40.2 Å². The van der Waals surface area contributed by atoms with Crippen molar-refractivity contribution in [3.8, 4) is 34.0 Å². The van der Waals surface area contributed by atoms with Crippen LogP contribution < -0.4 is 0 Å². The van der Waals surface area contributed by atoms with Crippen LogP contribution in [-0.2, 0) is 22.3 Å². The molecule has 0 bridgehead atoms. The standard InChI is InChI=1S/C30H30F3N3O3/c1-19-9-6-7-12-23(19)24-14-13-22(16-25(24)30(31,32)33)28-34-27(35-39-28)21-11-8-10-20(15-21)17-36(5)18-26(37)38-29(2,3)4/h6-16H,17-18H2,1-5H3. The Morgan fingerprint density at radius 3 is 2.38 bits per heavy atom. The molecule has 0 saturated heterocycles. The van der Waals surface area contributed by atoms with Gasteiger partial charge in [-0.2, -0.15) is 18.2 Å². The molecule has 0 unspecified atom stereocenters. The van der Waals surface area contributed by atoms with Gasteiger partial charge in [-0.1, -0.05) is 53.7 Å². The molecule has 0 N–H and O–H groups in total. The topological polar surface area (TPSA) is 68.5 Å². The number of nitrogens with zero attached hydrogens (tertiary/aromatic N) is 3. The monoisotopic (exact) mass is 537 g/mol. The van der Waals surface area contributed by atoms with E-state index in [4.69, 9.17) is 9.26 Å². The Labute approximate surface area is 225 Å². The smallest absolute Gasteiger partial charge is 0.417 e. The third kappa shape index (κ3) is 7.11. The summed E-state index contributed by atoms with van der Waals surface area (Å²) in [6, 6.07) is 18.3. The minimum absolute atomic E-state index is 0.0146. The maximum atomic E-state index is 14.0. The Morgan fingerprint density at radius 1 is 0.949 bits per heavy atom.